The van der Waals surface area contributed by atoms with E-state index in [9.17, 15) is 13.2 Å². The third-order valence-electron chi connectivity index (χ3n) is 11.5. The molecule has 11 rings (SSSR count). The van der Waals surface area contributed by atoms with Gasteiger partial charge in [0.05, 0.1) is 22.3 Å². The molecular formula is C56H36F3N7. The first-order chi connectivity index (χ1) is 32.2. The Morgan fingerprint density at radius 2 is 0.788 bits per heavy atom. The molecule has 7 nitrogen and oxygen atoms in total. The number of halogens is 3. The molecule has 66 heavy (non-hydrogen) atoms. The molecule has 0 N–H and O–H groups in total. The Morgan fingerprint density at radius 3 is 1.30 bits per heavy atom. The van der Waals surface area contributed by atoms with Crippen molar-refractivity contribution < 1.29 is 13.2 Å². The van der Waals surface area contributed by atoms with Gasteiger partial charge in [0.1, 0.15) is 0 Å². The second-order valence-electron chi connectivity index (χ2n) is 16.0. The highest BCUT2D eigenvalue weighted by atomic mass is 19.4. The number of benzene rings is 8. The maximum absolute atomic E-state index is 14.0. The van der Waals surface area contributed by atoms with Crippen LogP contribution in [0.15, 0.2) is 200 Å². The van der Waals surface area contributed by atoms with E-state index in [0.717, 1.165) is 49.7 Å². The molecule has 316 valence electrons. The molecule has 8 aromatic carbocycles. The van der Waals surface area contributed by atoms with Crippen LogP contribution in [-0.2, 0) is 6.18 Å². The van der Waals surface area contributed by atoms with Gasteiger partial charge >= 0.3 is 6.18 Å². The van der Waals surface area contributed by atoms with E-state index in [0.29, 0.717) is 62.8 Å². The summed E-state index contributed by atoms with van der Waals surface area (Å²) in [5, 5.41) is 1.80. The second kappa shape index (κ2) is 16.5. The van der Waals surface area contributed by atoms with Crippen molar-refractivity contribution >= 4 is 21.8 Å². The lowest BCUT2D eigenvalue weighted by Crippen LogP contribution is -2.05. The van der Waals surface area contributed by atoms with Crippen LogP contribution in [0.3, 0.4) is 0 Å². The summed E-state index contributed by atoms with van der Waals surface area (Å²) in [6.07, 6.45) is -4.48. The molecule has 0 fully saturated rings. The summed E-state index contributed by atoms with van der Waals surface area (Å²) < 4.78 is 44.3. The van der Waals surface area contributed by atoms with Crippen molar-refractivity contribution in [3.05, 3.63) is 211 Å². The molecule has 0 atom stereocenters. The number of hydrogen-bond acceptors (Lipinski definition) is 6. The number of aryl methyl sites for hydroxylation is 1. The zero-order valence-corrected chi connectivity index (χ0v) is 35.3. The third-order valence-corrected chi connectivity index (χ3v) is 11.5. The summed E-state index contributed by atoms with van der Waals surface area (Å²) in [6.45, 7) is 1.68. The van der Waals surface area contributed by atoms with Gasteiger partial charge in [-0.1, -0.05) is 152 Å². The number of fused-ring (bicyclic) bond motifs is 3. The minimum Gasteiger partial charge on any atom is -0.309 e. The molecule has 11 aromatic rings. The van der Waals surface area contributed by atoms with Crippen molar-refractivity contribution in [2.75, 3.05) is 0 Å². The first-order valence-electron chi connectivity index (χ1n) is 21.3. The Morgan fingerprint density at radius 1 is 0.348 bits per heavy atom. The van der Waals surface area contributed by atoms with E-state index in [1.54, 1.807) is 13.0 Å². The van der Waals surface area contributed by atoms with Gasteiger partial charge < -0.3 is 4.57 Å². The smallest absolute Gasteiger partial charge is 0.309 e. The van der Waals surface area contributed by atoms with Crippen LogP contribution < -0.4 is 0 Å². The molecule has 0 saturated carbocycles. The molecule has 0 aliphatic heterocycles. The van der Waals surface area contributed by atoms with Gasteiger partial charge in [0.2, 0.25) is 0 Å². The Labute approximate surface area is 377 Å². The highest BCUT2D eigenvalue weighted by Crippen LogP contribution is 2.41. The predicted molar refractivity (Wildman–Crippen MR) is 255 cm³/mol. The number of para-hydroxylation sites is 1. The summed E-state index contributed by atoms with van der Waals surface area (Å²) in [6, 6.07) is 63.4. The van der Waals surface area contributed by atoms with E-state index in [1.807, 2.05) is 182 Å². The van der Waals surface area contributed by atoms with E-state index in [-0.39, 0.29) is 0 Å². The van der Waals surface area contributed by atoms with Crippen LogP contribution >= 0.6 is 0 Å². The lowest BCUT2D eigenvalue weighted by Gasteiger charge is -2.16. The van der Waals surface area contributed by atoms with Gasteiger partial charge in [0.15, 0.2) is 34.9 Å². The van der Waals surface area contributed by atoms with Gasteiger partial charge in [-0.2, -0.15) is 13.2 Å². The van der Waals surface area contributed by atoms with E-state index < -0.39 is 11.7 Å². The topological polar surface area (TPSA) is 82.3 Å². The molecule has 0 spiro atoms. The van der Waals surface area contributed by atoms with Crippen LogP contribution in [0.1, 0.15) is 11.1 Å². The Balaban J connectivity index is 1.18. The minimum atomic E-state index is -4.48. The molecular weight excluding hydrogens is 828 g/mol. The van der Waals surface area contributed by atoms with Gasteiger partial charge in [-0.15, -0.1) is 0 Å². The zero-order chi connectivity index (χ0) is 44.8. The average molecular weight is 864 g/mol. The van der Waals surface area contributed by atoms with Crippen LogP contribution in [-0.4, -0.2) is 34.5 Å². The molecule has 0 amide bonds. The van der Waals surface area contributed by atoms with Gasteiger partial charge in [0, 0.05) is 44.2 Å². The fourth-order valence-corrected chi connectivity index (χ4v) is 8.44. The maximum atomic E-state index is 14.0. The van der Waals surface area contributed by atoms with Crippen molar-refractivity contribution in [1.82, 2.24) is 34.5 Å². The molecule has 0 unspecified atom stereocenters. The molecule has 0 radical (unpaired) electrons. The van der Waals surface area contributed by atoms with Crippen LogP contribution in [0.5, 0.6) is 0 Å². The number of nitrogens with zero attached hydrogens (tertiary/aromatic N) is 7. The average Bonchev–Trinajstić information content (AvgIpc) is 3.70. The van der Waals surface area contributed by atoms with E-state index in [2.05, 4.69) is 4.57 Å². The quantitative estimate of drug-likeness (QED) is 0.151. The van der Waals surface area contributed by atoms with E-state index in [4.69, 9.17) is 29.9 Å². The van der Waals surface area contributed by atoms with E-state index in [1.165, 1.54) is 12.1 Å². The Kier molecular flexibility index (Phi) is 10.0. The monoisotopic (exact) mass is 863 g/mol. The van der Waals surface area contributed by atoms with Crippen LogP contribution in [0.4, 0.5) is 13.2 Å². The largest absolute Gasteiger partial charge is 0.416 e. The number of hydrogen-bond donors (Lipinski definition) is 0. The number of alkyl halides is 3. The number of rotatable bonds is 8. The number of aromatic nitrogens is 7. The normalized spacial score (nSPS) is 11.6. The summed E-state index contributed by atoms with van der Waals surface area (Å²) in [4.78, 5) is 30.5. The fourth-order valence-electron chi connectivity index (χ4n) is 8.44. The van der Waals surface area contributed by atoms with Crippen LogP contribution in [0.25, 0.3) is 107 Å². The second-order valence-corrected chi connectivity index (χ2v) is 16.0. The van der Waals surface area contributed by atoms with Crippen molar-refractivity contribution in [2.45, 2.75) is 13.1 Å². The first kappa shape index (κ1) is 40.2. The van der Waals surface area contributed by atoms with Gasteiger partial charge in [-0.3, -0.25) is 0 Å². The molecule has 3 aromatic heterocycles. The standard InChI is InChI=1S/C56H36F3N7/c1-35-30-42(32-43(31-35)56(57,58)59)40-26-28-48-45(33-40)44-24-14-15-25-47(44)66(48)49-29-27-41(54-62-50(36-16-6-2-7-17-36)60-51(63-54)37-18-8-3-9-19-37)34-46(49)55-64-52(38-20-10-4-11-21-38)61-53(65-55)39-22-12-5-13-23-39/h2-34H,1H3. The maximum Gasteiger partial charge on any atom is 0.416 e. The predicted octanol–water partition coefficient (Wildman–Crippen LogP) is 14.1. The molecule has 0 bridgehead atoms. The minimum absolute atomic E-state index is 0.419. The van der Waals surface area contributed by atoms with Crippen LogP contribution in [0.2, 0.25) is 0 Å². The summed E-state index contributed by atoms with van der Waals surface area (Å²) >= 11 is 0. The SMILES string of the molecule is Cc1cc(-c2ccc3c(c2)c2ccccc2n3-c2ccc(-c3nc(-c4ccccc4)nc(-c4ccccc4)n3)cc2-c2nc(-c3ccccc3)nc(-c3ccccc3)n2)cc(C(F)(F)F)c1. The fraction of sp³-hybridized carbons (Fsp3) is 0.0357. The lowest BCUT2D eigenvalue weighted by molar-refractivity contribution is -0.137. The molecule has 3 heterocycles. The highest BCUT2D eigenvalue weighted by Gasteiger charge is 2.31. The van der Waals surface area contributed by atoms with Crippen LogP contribution in [0, 0.1) is 6.92 Å². The first-order valence-corrected chi connectivity index (χ1v) is 21.3. The summed E-state index contributed by atoms with van der Waals surface area (Å²) in [7, 11) is 0. The summed E-state index contributed by atoms with van der Waals surface area (Å²) in [5.74, 6) is 2.92. The van der Waals surface area contributed by atoms with Crippen molar-refractivity contribution in [3.8, 4) is 85.1 Å². The Bertz CT molecular complexity index is 3460. The highest BCUT2D eigenvalue weighted by molar-refractivity contribution is 6.11. The zero-order valence-electron chi connectivity index (χ0n) is 35.3. The lowest BCUT2D eigenvalue weighted by atomic mass is 9.98. The van der Waals surface area contributed by atoms with Gasteiger partial charge in [0.25, 0.3) is 0 Å². The van der Waals surface area contributed by atoms with Crippen molar-refractivity contribution in [2.24, 2.45) is 0 Å². The van der Waals surface area contributed by atoms with Crippen molar-refractivity contribution in [3.63, 3.8) is 0 Å². The van der Waals surface area contributed by atoms with E-state index >= 15 is 0 Å². The summed E-state index contributed by atoms with van der Waals surface area (Å²) in [5.41, 5.74) is 8.21. The third kappa shape index (κ3) is 7.64. The van der Waals surface area contributed by atoms with Crippen molar-refractivity contribution in [1.29, 1.82) is 0 Å². The molecule has 10 heteroatoms. The molecule has 0 aliphatic rings. The Hall–Kier alpha value is -8.63. The van der Waals surface area contributed by atoms with Gasteiger partial charge in [-0.05, 0) is 72.1 Å². The van der Waals surface area contributed by atoms with Gasteiger partial charge in [-0.25, -0.2) is 29.9 Å². The molecule has 0 aliphatic carbocycles. The molecule has 0 saturated heterocycles.